The zero-order chi connectivity index (χ0) is 14.8. The second-order valence-electron chi connectivity index (χ2n) is 4.06. The molecule has 1 heterocycles. The van der Waals surface area contributed by atoms with Crippen molar-refractivity contribution in [3.8, 4) is 0 Å². The molecule has 1 aromatic carbocycles. The number of aromatic nitrogens is 2. The molecule has 0 aliphatic heterocycles. The highest BCUT2D eigenvalue weighted by Crippen LogP contribution is 2.16. The number of anilines is 1. The summed E-state index contributed by atoms with van der Waals surface area (Å²) in [5, 5.41) is 3.64. The van der Waals surface area contributed by atoms with Crippen LogP contribution in [0.25, 0.3) is 0 Å². The molecule has 0 saturated heterocycles. The second kappa shape index (κ2) is 5.55. The highest BCUT2D eigenvalue weighted by Gasteiger charge is 2.15. The maximum atomic E-state index is 13.0. The molecule has 0 spiro atoms. The van der Waals surface area contributed by atoms with Gasteiger partial charge >= 0.3 is 0 Å². The van der Waals surface area contributed by atoms with Crippen LogP contribution in [0.2, 0.25) is 0 Å². The molecule has 0 aliphatic rings. The van der Waals surface area contributed by atoms with E-state index < -0.39 is 15.8 Å². The molecule has 2 aromatic rings. The van der Waals surface area contributed by atoms with Gasteiger partial charge < -0.3 is 10.3 Å². The summed E-state index contributed by atoms with van der Waals surface area (Å²) in [5.74, 6) is 0.157. The van der Waals surface area contributed by atoms with Gasteiger partial charge in [-0.15, -0.1) is 0 Å². The van der Waals surface area contributed by atoms with Gasteiger partial charge in [0.25, 0.3) is 0 Å². The van der Waals surface area contributed by atoms with E-state index in [1.54, 1.807) is 6.92 Å². The average Bonchev–Trinajstić information content (AvgIpc) is 2.78. The summed E-state index contributed by atoms with van der Waals surface area (Å²) in [6, 6.07) is 3.22. The predicted octanol–water partition coefficient (Wildman–Crippen LogP) is 0.620. The average molecular weight is 300 g/mol. The van der Waals surface area contributed by atoms with Gasteiger partial charge in [-0.05, 0) is 18.2 Å². The summed E-state index contributed by atoms with van der Waals surface area (Å²) in [4.78, 5) is 3.85. The number of aryl methyl sites for hydroxylation is 1. The number of hydrogen-bond donors (Lipinski definition) is 2. The van der Waals surface area contributed by atoms with Crippen molar-refractivity contribution >= 4 is 15.7 Å². The van der Waals surface area contributed by atoms with Crippen LogP contribution in [0.3, 0.4) is 0 Å². The topological polar surface area (TPSA) is 111 Å². The molecular formula is C11H13FN4O3S. The quantitative estimate of drug-likeness (QED) is 0.783. The summed E-state index contributed by atoms with van der Waals surface area (Å²) in [7, 11) is -3.75. The van der Waals surface area contributed by atoms with Crippen LogP contribution < -0.4 is 10.5 Å². The molecule has 0 radical (unpaired) electrons. The largest absolute Gasteiger partial charge is 0.396 e. The molecule has 9 heteroatoms. The van der Waals surface area contributed by atoms with Gasteiger partial charge in [-0.1, -0.05) is 5.16 Å². The van der Waals surface area contributed by atoms with Crippen molar-refractivity contribution in [1.29, 1.82) is 0 Å². The first-order chi connectivity index (χ1) is 9.38. The van der Waals surface area contributed by atoms with Crippen LogP contribution in [0.5, 0.6) is 0 Å². The fourth-order valence-electron chi connectivity index (χ4n) is 1.51. The van der Waals surface area contributed by atoms with E-state index in [2.05, 4.69) is 14.9 Å². The monoisotopic (exact) mass is 300 g/mol. The number of halogens is 1. The molecule has 20 heavy (non-hydrogen) atoms. The van der Waals surface area contributed by atoms with Gasteiger partial charge in [-0.2, -0.15) is 4.98 Å². The first kappa shape index (κ1) is 14.4. The third-order valence-corrected chi connectivity index (χ3v) is 3.95. The van der Waals surface area contributed by atoms with Gasteiger partial charge in [0.1, 0.15) is 5.82 Å². The van der Waals surface area contributed by atoms with Crippen LogP contribution in [0.4, 0.5) is 10.1 Å². The number of nitrogen functional groups attached to an aromatic ring is 1. The fraction of sp³-hybridized carbons (Fsp3) is 0.273. The first-order valence-corrected chi connectivity index (χ1v) is 7.21. The van der Waals surface area contributed by atoms with Crippen LogP contribution in [0.1, 0.15) is 11.7 Å². The van der Waals surface area contributed by atoms with Gasteiger partial charge in [0, 0.05) is 19.9 Å². The van der Waals surface area contributed by atoms with Crippen LogP contribution in [0, 0.1) is 12.7 Å². The van der Waals surface area contributed by atoms with Crippen LogP contribution in [-0.4, -0.2) is 25.1 Å². The van der Waals surface area contributed by atoms with E-state index in [1.165, 1.54) is 0 Å². The van der Waals surface area contributed by atoms with Crippen molar-refractivity contribution in [2.24, 2.45) is 0 Å². The number of benzene rings is 1. The number of nitrogens with two attached hydrogens (primary N) is 1. The SMILES string of the molecule is Cc1nc(CCNS(=O)(=O)c2ccc(F)c(N)c2)no1. The Balaban J connectivity index is 2.02. The molecule has 0 atom stereocenters. The molecule has 0 saturated carbocycles. The Morgan fingerprint density at radius 1 is 1.45 bits per heavy atom. The van der Waals surface area contributed by atoms with E-state index in [1.807, 2.05) is 0 Å². The Kier molecular flexibility index (Phi) is 4.00. The van der Waals surface area contributed by atoms with E-state index in [9.17, 15) is 12.8 Å². The number of sulfonamides is 1. The molecule has 108 valence electrons. The summed E-state index contributed by atoms with van der Waals surface area (Å²) in [5.41, 5.74) is 5.12. The van der Waals surface area contributed by atoms with E-state index in [0.717, 1.165) is 18.2 Å². The number of nitrogens with zero attached hydrogens (tertiary/aromatic N) is 2. The minimum absolute atomic E-state index is 0.0958. The Morgan fingerprint density at radius 3 is 2.80 bits per heavy atom. The number of nitrogens with one attached hydrogen (secondary N) is 1. The van der Waals surface area contributed by atoms with Crippen molar-refractivity contribution in [3.63, 3.8) is 0 Å². The lowest BCUT2D eigenvalue weighted by Gasteiger charge is -2.06. The van der Waals surface area contributed by atoms with Crippen LogP contribution in [-0.2, 0) is 16.4 Å². The van der Waals surface area contributed by atoms with Crippen molar-refractivity contribution in [2.75, 3.05) is 12.3 Å². The van der Waals surface area contributed by atoms with Gasteiger partial charge in [-0.3, -0.25) is 0 Å². The van der Waals surface area contributed by atoms with Crippen LogP contribution in [0.15, 0.2) is 27.6 Å². The second-order valence-corrected chi connectivity index (χ2v) is 5.83. The van der Waals surface area contributed by atoms with Crippen LogP contribution >= 0.6 is 0 Å². The smallest absolute Gasteiger partial charge is 0.240 e. The maximum absolute atomic E-state index is 13.0. The predicted molar refractivity (Wildman–Crippen MR) is 68.7 cm³/mol. The zero-order valence-corrected chi connectivity index (χ0v) is 11.4. The number of rotatable bonds is 5. The lowest BCUT2D eigenvalue weighted by Crippen LogP contribution is -2.26. The molecule has 3 N–H and O–H groups in total. The Labute approximate surface area is 115 Å². The first-order valence-electron chi connectivity index (χ1n) is 5.72. The summed E-state index contributed by atoms with van der Waals surface area (Å²) in [6.45, 7) is 1.74. The fourth-order valence-corrected chi connectivity index (χ4v) is 2.58. The molecule has 0 aliphatic carbocycles. The summed E-state index contributed by atoms with van der Waals surface area (Å²) >= 11 is 0. The number of hydrogen-bond acceptors (Lipinski definition) is 6. The van der Waals surface area contributed by atoms with E-state index >= 15 is 0 Å². The van der Waals surface area contributed by atoms with E-state index in [0.29, 0.717) is 11.7 Å². The van der Waals surface area contributed by atoms with E-state index in [4.69, 9.17) is 10.3 Å². The Morgan fingerprint density at radius 2 is 2.20 bits per heavy atom. The highest BCUT2D eigenvalue weighted by atomic mass is 32.2. The molecule has 0 fully saturated rings. The van der Waals surface area contributed by atoms with Crippen molar-refractivity contribution in [2.45, 2.75) is 18.2 Å². The molecule has 7 nitrogen and oxygen atoms in total. The van der Waals surface area contributed by atoms with Crippen molar-refractivity contribution in [1.82, 2.24) is 14.9 Å². The van der Waals surface area contributed by atoms with Gasteiger partial charge in [-0.25, -0.2) is 17.5 Å². The maximum Gasteiger partial charge on any atom is 0.240 e. The minimum Gasteiger partial charge on any atom is -0.396 e. The van der Waals surface area contributed by atoms with Crippen molar-refractivity contribution in [3.05, 3.63) is 35.7 Å². The normalized spacial score (nSPS) is 11.7. The summed E-state index contributed by atoms with van der Waals surface area (Å²) < 4.78 is 44.0. The van der Waals surface area contributed by atoms with Gasteiger partial charge in [0.2, 0.25) is 15.9 Å². The van der Waals surface area contributed by atoms with E-state index in [-0.39, 0.29) is 23.5 Å². The molecule has 2 rings (SSSR count). The molecule has 1 aromatic heterocycles. The summed E-state index contributed by atoms with van der Waals surface area (Å²) in [6.07, 6.45) is 0.285. The lowest BCUT2D eigenvalue weighted by molar-refractivity contribution is 0.387. The van der Waals surface area contributed by atoms with Gasteiger partial charge in [0.15, 0.2) is 5.82 Å². The third kappa shape index (κ3) is 3.31. The molecule has 0 bridgehead atoms. The lowest BCUT2D eigenvalue weighted by atomic mass is 10.3. The van der Waals surface area contributed by atoms with Gasteiger partial charge in [0.05, 0.1) is 10.6 Å². The molecule has 0 amide bonds. The standard InChI is InChI=1S/C11H13FN4O3S/c1-7-15-11(16-19-7)4-5-14-20(17,18)8-2-3-9(12)10(13)6-8/h2-3,6,14H,4-5,13H2,1H3. The van der Waals surface area contributed by atoms with Crippen molar-refractivity contribution < 1.29 is 17.3 Å². The minimum atomic E-state index is -3.75. The zero-order valence-electron chi connectivity index (χ0n) is 10.6. The Bertz CT molecular complexity index is 714. The molecular weight excluding hydrogens is 287 g/mol. The third-order valence-electron chi connectivity index (χ3n) is 2.49. The highest BCUT2D eigenvalue weighted by molar-refractivity contribution is 7.89. The Hall–Kier alpha value is -2.00. The molecule has 0 unspecified atom stereocenters.